The summed E-state index contributed by atoms with van der Waals surface area (Å²) < 4.78 is 29.5. The van der Waals surface area contributed by atoms with E-state index in [0.29, 0.717) is 13.0 Å². The normalized spacial score (nSPS) is 29.9. The molecule has 2 aromatic rings. The summed E-state index contributed by atoms with van der Waals surface area (Å²) in [6.07, 6.45) is -3.06. The number of fused-ring (bicyclic) bond motifs is 1. The van der Waals surface area contributed by atoms with Crippen molar-refractivity contribution >= 4 is 30.6 Å². The van der Waals surface area contributed by atoms with Gasteiger partial charge in [0, 0.05) is 7.11 Å². The smallest absolute Gasteiger partial charge is 0.387 e. The molecule has 6 atom stereocenters. The summed E-state index contributed by atoms with van der Waals surface area (Å²) in [5, 5.41) is 26.1. The van der Waals surface area contributed by atoms with Gasteiger partial charge in [0.1, 0.15) is 30.2 Å². The maximum absolute atomic E-state index is 12.8. The SMILES string of the molecule is COP(=O)(NC(=O)[C@@H]1CCCN1)OC[C@H]1O[C@@H](n2c(=O)[nH]c3c(N)ncnc32)[C@H](O)[C@@H]1O. The van der Waals surface area contributed by atoms with Gasteiger partial charge in [0.05, 0.1) is 12.6 Å². The van der Waals surface area contributed by atoms with Crippen molar-refractivity contribution in [2.24, 2.45) is 0 Å². The lowest BCUT2D eigenvalue weighted by molar-refractivity contribution is -0.121. The van der Waals surface area contributed by atoms with Gasteiger partial charge in [0.25, 0.3) is 0 Å². The summed E-state index contributed by atoms with van der Waals surface area (Å²) in [6.45, 7) is 0.161. The maximum Gasteiger partial charge on any atom is 0.434 e. The van der Waals surface area contributed by atoms with Crippen LogP contribution in [0.3, 0.4) is 0 Å². The van der Waals surface area contributed by atoms with Crippen LogP contribution in [0.25, 0.3) is 11.2 Å². The Labute approximate surface area is 180 Å². The van der Waals surface area contributed by atoms with Gasteiger partial charge in [-0.3, -0.25) is 18.9 Å². The number of rotatable bonds is 7. The number of aliphatic hydroxyl groups is 2. The number of hydrogen-bond donors (Lipinski definition) is 6. The number of carbonyl (C=O) groups excluding carboxylic acids is 1. The standard InChI is InChI=1S/C16H24N7O8P/c1-29-32(28,22-14(26)7-3-2-4-18-7)30-5-8-10(24)11(25)15(31-8)23-13-9(21-16(23)27)12(17)19-6-20-13/h6-8,10-11,15,18,24-25H,2-5H2,1H3,(H,21,27)(H2,17,19,20)(H,22,26,28)/t7-,8+,10+,11+,15+,32?/m0/s1. The second-order valence-corrected chi connectivity index (χ2v) is 9.25. The van der Waals surface area contributed by atoms with Gasteiger partial charge in [-0.25, -0.2) is 23.9 Å². The fourth-order valence-electron chi connectivity index (χ4n) is 3.69. The molecule has 2 fully saturated rings. The number of anilines is 1. The van der Waals surface area contributed by atoms with Crippen molar-refractivity contribution in [3.05, 3.63) is 16.8 Å². The van der Waals surface area contributed by atoms with Gasteiger partial charge in [-0.05, 0) is 19.4 Å². The quantitative estimate of drug-likeness (QED) is 0.240. The third kappa shape index (κ3) is 4.15. The highest BCUT2D eigenvalue weighted by molar-refractivity contribution is 7.52. The van der Waals surface area contributed by atoms with E-state index >= 15 is 0 Å². The second-order valence-electron chi connectivity index (χ2n) is 7.40. The zero-order chi connectivity index (χ0) is 23.0. The lowest BCUT2D eigenvalue weighted by Gasteiger charge is -2.21. The van der Waals surface area contributed by atoms with E-state index in [9.17, 15) is 24.4 Å². The van der Waals surface area contributed by atoms with Crippen LogP contribution in [0, 0.1) is 0 Å². The Bertz CT molecular complexity index is 1100. The van der Waals surface area contributed by atoms with Gasteiger partial charge in [0.15, 0.2) is 17.7 Å². The van der Waals surface area contributed by atoms with Crippen molar-refractivity contribution in [2.75, 3.05) is 26.0 Å². The van der Waals surface area contributed by atoms with Gasteiger partial charge in [-0.1, -0.05) is 0 Å². The summed E-state index contributed by atoms with van der Waals surface area (Å²) >= 11 is 0. The number of ether oxygens (including phenoxy) is 1. The largest absolute Gasteiger partial charge is 0.434 e. The predicted octanol–water partition coefficient (Wildman–Crippen LogP) is -2.04. The monoisotopic (exact) mass is 473 g/mol. The van der Waals surface area contributed by atoms with Crippen molar-refractivity contribution in [2.45, 2.75) is 43.4 Å². The molecule has 0 aliphatic carbocycles. The van der Waals surface area contributed by atoms with E-state index in [0.717, 1.165) is 24.4 Å². The number of nitrogens with zero attached hydrogens (tertiary/aromatic N) is 3. The summed E-state index contributed by atoms with van der Waals surface area (Å²) in [5.74, 6) is -0.520. The Morgan fingerprint density at radius 1 is 1.44 bits per heavy atom. The molecule has 2 aromatic heterocycles. The Morgan fingerprint density at radius 2 is 2.22 bits per heavy atom. The van der Waals surface area contributed by atoms with Crippen LogP contribution in [0.2, 0.25) is 0 Å². The summed E-state index contributed by atoms with van der Waals surface area (Å²) in [7, 11) is -2.97. The molecule has 0 aromatic carbocycles. The first-order valence-electron chi connectivity index (χ1n) is 9.82. The highest BCUT2D eigenvalue weighted by Gasteiger charge is 2.46. The maximum atomic E-state index is 12.8. The minimum atomic E-state index is -4.07. The van der Waals surface area contributed by atoms with Crippen LogP contribution in [-0.4, -0.2) is 80.3 Å². The molecule has 2 aliphatic heterocycles. The molecule has 2 saturated heterocycles. The molecule has 0 bridgehead atoms. The Balaban J connectivity index is 1.47. The lowest BCUT2D eigenvalue weighted by atomic mass is 10.1. The van der Waals surface area contributed by atoms with Gasteiger partial charge >= 0.3 is 13.4 Å². The molecular formula is C16H24N7O8P. The van der Waals surface area contributed by atoms with E-state index in [1.807, 2.05) is 0 Å². The molecule has 0 saturated carbocycles. The average molecular weight is 473 g/mol. The number of imidazole rings is 1. The molecule has 16 heteroatoms. The number of nitrogen functional groups attached to an aromatic ring is 1. The number of aromatic amines is 1. The van der Waals surface area contributed by atoms with Crippen LogP contribution in [-0.2, 0) is 23.1 Å². The van der Waals surface area contributed by atoms with Gasteiger partial charge in [-0.15, -0.1) is 0 Å². The number of aliphatic hydroxyl groups excluding tert-OH is 2. The van der Waals surface area contributed by atoms with Crippen LogP contribution in [0.4, 0.5) is 5.82 Å². The van der Waals surface area contributed by atoms with Crippen LogP contribution in [0.1, 0.15) is 19.1 Å². The highest BCUT2D eigenvalue weighted by atomic mass is 31.2. The van der Waals surface area contributed by atoms with Gasteiger partial charge in [-0.2, -0.15) is 0 Å². The van der Waals surface area contributed by atoms with Crippen molar-refractivity contribution in [3.63, 3.8) is 0 Å². The third-order valence-corrected chi connectivity index (χ3v) is 6.86. The average Bonchev–Trinajstić information content (AvgIpc) is 3.47. The highest BCUT2D eigenvalue weighted by Crippen LogP contribution is 2.44. The van der Waals surface area contributed by atoms with E-state index in [-0.39, 0.29) is 17.0 Å². The fraction of sp³-hybridized carbons (Fsp3) is 0.625. The first-order chi connectivity index (χ1) is 15.2. The van der Waals surface area contributed by atoms with Crippen LogP contribution in [0.15, 0.2) is 11.1 Å². The molecule has 4 rings (SSSR count). The first kappa shape index (κ1) is 22.8. The van der Waals surface area contributed by atoms with Crippen molar-refractivity contribution in [1.82, 2.24) is 29.9 Å². The topological polar surface area (TPSA) is 216 Å². The zero-order valence-electron chi connectivity index (χ0n) is 17.0. The van der Waals surface area contributed by atoms with E-state index < -0.39 is 56.5 Å². The van der Waals surface area contributed by atoms with E-state index in [2.05, 4.69) is 25.4 Å². The molecule has 2 aliphatic rings. The second kappa shape index (κ2) is 8.86. The van der Waals surface area contributed by atoms with Crippen molar-refractivity contribution < 1.29 is 33.4 Å². The van der Waals surface area contributed by atoms with E-state index in [1.165, 1.54) is 0 Å². The molecule has 7 N–H and O–H groups in total. The predicted molar refractivity (Wildman–Crippen MR) is 108 cm³/mol. The number of H-pyrrole nitrogens is 1. The molecule has 0 radical (unpaired) electrons. The van der Waals surface area contributed by atoms with Crippen LogP contribution in [0.5, 0.6) is 0 Å². The zero-order valence-corrected chi connectivity index (χ0v) is 17.9. The summed E-state index contributed by atoms with van der Waals surface area (Å²) in [6, 6.07) is -0.509. The number of aromatic nitrogens is 4. The van der Waals surface area contributed by atoms with Gasteiger partial charge in [0.2, 0.25) is 5.91 Å². The van der Waals surface area contributed by atoms with Crippen molar-refractivity contribution in [1.29, 1.82) is 0 Å². The molecule has 1 amide bonds. The minimum Gasteiger partial charge on any atom is -0.387 e. The fourth-order valence-corrected chi connectivity index (χ4v) is 4.73. The molecule has 176 valence electrons. The summed E-state index contributed by atoms with van der Waals surface area (Å²) in [4.78, 5) is 34.9. The first-order valence-corrected chi connectivity index (χ1v) is 11.4. The van der Waals surface area contributed by atoms with Gasteiger partial charge < -0.3 is 31.0 Å². The third-order valence-electron chi connectivity index (χ3n) is 5.40. The molecule has 15 nitrogen and oxygen atoms in total. The number of nitrogens with one attached hydrogen (secondary N) is 3. The molecule has 1 unspecified atom stereocenters. The molecule has 4 heterocycles. The molecule has 32 heavy (non-hydrogen) atoms. The molecule has 0 spiro atoms. The number of nitrogens with two attached hydrogens (primary N) is 1. The Kier molecular flexibility index (Phi) is 6.31. The number of carbonyl (C=O) groups is 1. The lowest BCUT2D eigenvalue weighted by Crippen LogP contribution is -2.40. The van der Waals surface area contributed by atoms with E-state index in [4.69, 9.17) is 19.5 Å². The molecular weight excluding hydrogens is 449 g/mol. The van der Waals surface area contributed by atoms with Crippen LogP contribution < -0.4 is 21.8 Å². The Morgan fingerprint density at radius 3 is 2.91 bits per heavy atom. The number of hydrogen-bond acceptors (Lipinski definition) is 12. The van der Waals surface area contributed by atoms with Crippen LogP contribution >= 0.6 is 7.75 Å². The van der Waals surface area contributed by atoms with Crippen molar-refractivity contribution in [3.8, 4) is 0 Å². The van der Waals surface area contributed by atoms with E-state index in [1.54, 1.807) is 0 Å². The Hall–Kier alpha value is -2.39. The minimum absolute atomic E-state index is 0.0206. The summed E-state index contributed by atoms with van der Waals surface area (Å²) in [5.41, 5.74) is 5.26. The number of amides is 1.